The lowest BCUT2D eigenvalue weighted by Gasteiger charge is -2.24. The Kier molecular flexibility index (Phi) is 2.29. The Morgan fingerprint density at radius 3 is 3.14 bits per heavy atom. The van der Waals surface area contributed by atoms with Crippen molar-refractivity contribution in [3.63, 3.8) is 0 Å². The fourth-order valence-corrected chi connectivity index (χ4v) is 1.89. The van der Waals surface area contributed by atoms with Crippen LogP contribution in [0, 0.1) is 0 Å². The number of fused-ring (bicyclic) bond motifs is 1. The molecule has 14 heavy (non-hydrogen) atoms. The highest BCUT2D eigenvalue weighted by Gasteiger charge is 2.21. The average molecular weight is 194 g/mol. The lowest BCUT2D eigenvalue weighted by atomic mass is 10.2. The van der Waals surface area contributed by atoms with Crippen molar-refractivity contribution in [3.05, 3.63) is 23.5 Å². The minimum Gasteiger partial charge on any atom is -0.464 e. The Labute approximate surface area is 82.9 Å². The number of esters is 1. The van der Waals surface area contributed by atoms with Gasteiger partial charge in [0.15, 0.2) is 0 Å². The molecule has 0 aliphatic carbocycles. The summed E-state index contributed by atoms with van der Waals surface area (Å²) in [7, 11) is 1.41. The van der Waals surface area contributed by atoms with E-state index >= 15 is 0 Å². The van der Waals surface area contributed by atoms with Gasteiger partial charge in [0.25, 0.3) is 0 Å². The van der Waals surface area contributed by atoms with Crippen LogP contribution in [-0.2, 0) is 11.3 Å². The zero-order valence-electron chi connectivity index (χ0n) is 8.41. The SMILES string of the molecule is COC(=O)c1ccc2n1CCNC2C. The van der Waals surface area contributed by atoms with Gasteiger partial charge in [-0.2, -0.15) is 0 Å². The van der Waals surface area contributed by atoms with Crippen LogP contribution in [0.4, 0.5) is 0 Å². The van der Waals surface area contributed by atoms with E-state index in [9.17, 15) is 4.79 Å². The van der Waals surface area contributed by atoms with Gasteiger partial charge < -0.3 is 14.6 Å². The molecule has 4 nitrogen and oxygen atoms in total. The fraction of sp³-hybridized carbons (Fsp3) is 0.500. The third-order valence-corrected chi connectivity index (χ3v) is 2.64. The van der Waals surface area contributed by atoms with E-state index in [0.29, 0.717) is 11.7 Å². The summed E-state index contributed by atoms with van der Waals surface area (Å²) in [5, 5.41) is 3.34. The van der Waals surface area contributed by atoms with Gasteiger partial charge in [-0.05, 0) is 19.1 Å². The van der Waals surface area contributed by atoms with Gasteiger partial charge in [0.2, 0.25) is 0 Å². The standard InChI is InChI=1S/C10H14N2O2/c1-7-8-3-4-9(10(13)14-2)12(8)6-5-11-7/h3-4,7,11H,5-6H2,1-2H3. The molecule has 0 amide bonds. The molecule has 0 bridgehead atoms. The molecule has 1 atom stereocenters. The third-order valence-electron chi connectivity index (χ3n) is 2.64. The van der Waals surface area contributed by atoms with Crippen molar-refractivity contribution < 1.29 is 9.53 Å². The molecule has 1 unspecified atom stereocenters. The first-order chi connectivity index (χ1) is 6.74. The lowest BCUT2D eigenvalue weighted by molar-refractivity contribution is 0.0587. The van der Waals surface area contributed by atoms with E-state index in [4.69, 9.17) is 4.74 Å². The second-order valence-corrected chi connectivity index (χ2v) is 3.46. The first kappa shape index (κ1) is 9.27. The molecule has 2 rings (SSSR count). The minimum absolute atomic E-state index is 0.259. The van der Waals surface area contributed by atoms with Crippen molar-refractivity contribution in [3.8, 4) is 0 Å². The summed E-state index contributed by atoms with van der Waals surface area (Å²) in [6.45, 7) is 3.82. The molecule has 0 fully saturated rings. The highest BCUT2D eigenvalue weighted by atomic mass is 16.5. The second-order valence-electron chi connectivity index (χ2n) is 3.46. The van der Waals surface area contributed by atoms with Crippen LogP contribution < -0.4 is 5.32 Å². The smallest absolute Gasteiger partial charge is 0.354 e. The summed E-state index contributed by atoms with van der Waals surface area (Å²) in [5.74, 6) is -0.259. The van der Waals surface area contributed by atoms with Gasteiger partial charge in [-0.25, -0.2) is 4.79 Å². The molecule has 1 aromatic rings. The normalized spacial score (nSPS) is 20.3. The Morgan fingerprint density at radius 1 is 1.64 bits per heavy atom. The van der Waals surface area contributed by atoms with Crippen LogP contribution in [0.3, 0.4) is 0 Å². The molecule has 0 aromatic carbocycles. The Morgan fingerprint density at radius 2 is 2.43 bits per heavy atom. The first-order valence-corrected chi connectivity index (χ1v) is 4.75. The number of hydrogen-bond acceptors (Lipinski definition) is 3. The molecule has 0 saturated heterocycles. The number of rotatable bonds is 1. The first-order valence-electron chi connectivity index (χ1n) is 4.75. The van der Waals surface area contributed by atoms with Crippen LogP contribution in [0.25, 0.3) is 0 Å². The maximum Gasteiger partial charge on any atom is 0.354 e. The van der Waals surface area contributed by atoms with Gasteiger partial charge >= 0.3 is 5.97 Å². The monoisotopic (exact) mass is 194 g/mol. The summed E-state index contributed by atoms with van der Waals surface area (Å²) in [5.41, 5.74) is 1.80. The van der Waals surface area contributed by atoms with Crippen LogP contribution in [0.15, 0.2) is 12.1 Å². The second kappa shape index (κ2) is 3.46. The number of carbonyl (C=O) groups excluding carboxylic acids is 1. The lowest BCUT2D eigenvalue weighted by Crippen LogP contribution is -2.32. The van der Waals surface area contributed by atoms with Gasteiger partial charge in [-0.3, -0.25) is 0 Å². The summed E-state index contributed by atoms with van der Waals surface area (Å²) in [4.78, 5) is 11.4. The van der Waals surface area contributed by atoms with Gasteiger partial charge in [0, 0.05) is 24.8 Å². The molecule has 76 valence electrons. The molecule has 0 saturated carbocycles. The van der Waals surface area contributed by atoms with E-state index in [0.717, 1.165) is 18.8 Å². The van der Waals surface area contributed by atoms with Crippen molar-refractivity contribution in [1.29, 1.82) is 0 Å². The van der Waals surface area contributed by atoms with Crippen molar-refractivity contribution in [2.45, 2.75) is 19.5 Å². The van der Waals surface area contributed by atoms with Crippen LogP contribution in [-0.4, -0.2) is 24.2 Å². The topological polar surface area (TPSA) is 43.3 Å². The number of nitrogens with one attached hydrogen (secondary N) is 1. The molecule has 1 aliphatic heterocycles. The molecule has 4 heteroatoms. The van der Waals surface area contributed by atoms with Crippen LogP contribution in [0.1, 0.15) is 29.1 Å². The number of carbonyl (C=O) groups is 1. The van der Waals surface area contributed by atoms with Crippen LogP contribution in [0.2, 0.25) is 0 Å². The highest BCUT2D eigenvalue weighted by molar-refractivity contribution is 5.87. The van der Waals surface area contributed by atoms with Crippen molar-refractivity contribution >= 4 is 5.97 Å². The number of hydrogen-bond donors (Lipinski definition) is 1. The maximum atomic E-state index is 11.4. The molecular weight excluding hydrogens is 180 g/mol. The summed E-state index contributed by atoms with van der Waals surface area (Å²) in [6.07, 6.45) is 0. The van der Waals surface area contributed by atoms with Gasteiger partial charge in [-0.15, -0.1) is 0 Å². The van der Waals surface area contributed by atoms with E-state index in [2.05, 4.69) is 12.2 Å². The molecule has 1 aromatic heterocycles. The van der Waals surface area contributed by atoms with Crippen LogP contribution >= 0.6 is 0 Å². The van der Waals surface area contributed by atoms with Gasteiger partial charge in [0.05, 0.1) is 7.11 Å². The predicted molar refractivity (Wildman–Crippen MR) is 52.2 cm³/mol. The van der Waals surface area contributed by atoms with E-state index in [1.54, 1.807) is 0 Å². The predicted octanol–water partition coefficient (Wildman–Crippen LogP) is 0.939. The zero-order chi connectivity index (χ0) is 10.1. The van der Waals surface area contributed by atoms with Crippen molar-refractivity contribution in [2.75, 3.05) is 13.7 Å². The minimum atomic E-state index is -0.259. The molecular formula is C10H14N2O2. The fourth-order valence-electron chi connectivity index (χ4n) is 1.89. The number of ether oxygens (including phenoxy) is 1. The van der Waals surface area contributed by atoms with E-state index in [-0.39, 0.29) is 5.97 Å². The van der Waals surface area contributed by atoms with E-state index < -0.39 is 0 Å². The van der Waals surface area contributed by atoms with Crippen molar-refractivity contribution in [1.82, 2.24) is 9.88 Å². The third kappa shape index (κ3) is 1.32. The average Bonchev–Trinajstić information content (AvgIpc) is 2.62. The zero-order valence-corrected chi connectivity index (χ0v) is 8.41. The summed E-state index contributed by atoms with van der Waals surface area (Å²) in [6, 6.07) is 4.11. The highest BCUT2D eigenvalue weighted by Crippen LogP contribution is 2.20. The largest absolute Gasteiger partial charge is 0.464 e. The van der Waals surface area contributed by atoms with Gasteiger partial charge in [0.1, 0.15) is 5.69 Å². The van der Waals surface area contributed by atoms with Crippen molar-refractivity contribution in [2.24, 2.45) is 0 Å². The Bertz CT molecular complexity index is 357. The molecule has 0 spiro atoms. The number of nitrogens with zero attached hydrogens (tertiary/aromatic N) is 1. The molecule has 1 aliphatic rings. The summed E-state index contributed by atoms with van der Waals surface area (Å²) >= 11 is 0. The molecule has 1 N–H and O–H groups in total. The van der Waals surface area contributed by atoms with Gasteiger partial charge in [-0.1, -0.05) is 0 Å². The van der Waals surface area contributed by atoms with E-state index in [1.165, 1.54) is 7.11 Å². The number of aromatic nitrogens is 1. The maximum absolute atomic E-state index is 11.4. The number of methoxy groups -OCH3 is 1. The molecule has 0 radical (unpaired) electrons. The summed E-state index contributed by atoms with van der Waals surface area (Å²) < 4.78 is 6.74. The Balaban J connectivity index is 2.40. The molecule has 2 heterocycles. The van der Waals surface area contributed by atoms with E-state index in [1.807, 2.05) is 16.7 Å². The quantitative estimate of drug-likeness (QED) is 0.676. The van der Waals surface area contributed by atoms with Crippen LogP contribution in [0.5, 0.6) is 0 Å². The Hall–Kier alpha value is -1.29.